The van der Waals surface area contributed by atoms with Gasteiger partial charge >= 0.3 is 6.18 Å². The number of aryl methyl sites for hydroxylation is 1. The molecule has 24 heavy (non-hydrogen) atoms. The first-order chi connectivity index (χ1) is 11.4. The van der Waals surface area contributed by atoms with Gasteiger partial charge in [-0.1, -0.05) is 42.0 Å². The van der Waals surface area contributed by atoms with Crippen LogP contribution in [0.2, 0.25) is 0 Å². The maximum atomic E-state index is 12.9. The molecule has 0 atom stereocenters. The third-order valence-corrected chi connectivity index (χ3v) is 3.32. The lowest BCUT2D eigenvalue weighted by Gasteiger charge is -2.09. The van der Waals surface area contributed by atoms with E-state index in [-0.39, 0.29) is 11.3 Å². The largest absolute Gasteiger partial charge is 0.451 e. The first-order valence-corrected chi connectivity index (χ1v) is 7.13. The second-order valence-corrected chi connectivity index (χ2v) is 5.19. The fraction of sp³-hybridized carbons (Fsp3) is 0.118. The molecule has 1 heterocycles. The van der Waals surface area contributed by atoms with Gasteiger partial charge in [0.25, 0.3) is 0 Å². The number of nitrogens with one attached hydrogen (secondary N) is 1. The molecule has 0 amide bonds. The molecular weight excluding hydrogens is 317 g/mol. The number of hydrogen-bond donors (Lipinski definition) is 1. The second kappa shape index (κ2) is 6.27. The van der Waals surface area contributed by atoms with Gasteiger partial charge in [0.1, 0.15) is 0 Å². The Hall–Kier alpha value is -2.96. The van der Waals surface area contributed by atoms with Crippen molar-refractivity contribution in [2.24, 2.45) is 5.10 Å². The van der Waals surface area contributed by atoms with Gasteiger partial charge in [-0.15, -0.1) is 0 Å². The van der Waals surface area contributed by atoms with Crippen molar-refractivity contribution >= 4 is 22.9 Å². The van der Waals surface area contributed by atoms with Gasteiger partial charge in [0.05, 0.1) is 11.7 Å². The molecule has 0 saturated heterocycles. The number of hydrogen-bond acceptors (Lipinski definition) is 4. The van der Waals surface area contributed by atoms with E-state index < -0.39 is 12.0 Å². The van der Waals surface area contributed by atoms with Crippen LogP contribution >= 0.6 is 0 Å². The van der Waals surface area contributed by atoms with E-state index >= 15 is 0 Å². The molecule has 0 bridgehead atoms. The van der Waals surface area contributed by atoms with Crippen LogP contribution < -0.4 is 5.43 Å². The van der Waals surface area contributed by atoms with Crippen LogP contribution in [0.3, 0.4) is 0 Å². The van der Waals surface area contributed by atoms with E-state index in [2.05, 4.69) is 20.5 Å². The Bertz CT molecular complexity index is 886. The minimum atomic E-state index is -4.62. The number of anilines is 1. The Morgan fingerprint density at radius 3 is 2.42 bits per heavy atom. The van der Waals surface area contributed by atoms with E-state index in [0.717, 1.165) is 11.1 Å². The number of para-hydroxylation sites is 1. The van der Waals surface area contributed by atoms with Gasteiger partial charge in [0.15, 0.2) is 5.82 Å². The van der Waals surface area contributed by atoms with Gasteiger partial charge in [-0.3, -0.25) is 5.43 Å². The number of hydrazone groups is 1. The van der Waals surface area contributed by atoms with E-state index in [4.69, 9.17) is 0 Å². The molecule has 1 N–H and O–H groups in total. The van der Waals surface area contributed by atoms with Gasteiger partial charge in [-0.2, -0.15) is 18.3 Å². The molecule has 0 fully saturated rings. The second-order valence-electron chi connectivity index (χ2n) is 5.19. The summed E-state index contributed by atoms with van der Waals surface area (Å²) >= 11 is 0. The average Bonchev–Trinajstić information content (AvgIpc) is 2.55. The Kier molecular flexibility index (Phi) is 4.16. The molecule has 0 radical (unpaired) electrons. The molecule has 0 aliphatic heterocycles. The standard InChI is InChI=1S/C17H13F3N4/c1-11-6-8-12(9-7-11)10-21-24-15-13-4-2-3-5-14(13)22-16(23-15)17(18,19)20/h2-10H,1H3,(H,22,23,24)/b21-10-. The maximum Gasteiger partial charge on any atom is 0.451 e. The fourth-order valence-electron chi connectivity index (χ4n) is 2.11. The predicted molar refractivity (Wildman–Crippen MR) is 86.9 cm³/mol. The van der Waals surface area contributed by atoms with Gasteiger partial charge in [-0.25, -0.2) is 9.97 Å². The van der Waals surface area contributed by atoms with Gasteiger partial charge in [0, 0.05) is 5.39 Å². The lowest BCUT2D eigenvalue weighted by atomic mass is 10.2. The van der Waals surface area contributed by atoms with Crippen LogP contribution in [0.5, 0.6) is 0 Å². The molecule has 0 spiro atoms. The highest BCUT2D eigenvalue weighted by Gasteiger charge is 2.35. The molecule has 122 valence electrons. The van der Waals surface area contributed by atoms with E-state index in [1.807, 2.05) is 31.2 Å². The third kappa shape index (κ3) is 3.51. The van der Waals surface area contributed by atoms with Crippen molar-refractivity contribution in [1.29, 1.82) is 0 Å². The average molecular weight is 330 g/mol. The van der Waals surface area contributed by atoms with Crippen molar-refractivity contribution in [3.8, 4) is 0 Å². The molecule has 0 aliphatic rings. The van der Waals surface area contributed by atoms with E-state index in [0.29, 0.717) is 5.39 Å². The van der Waals surface area contributed by atoms with Crippen LogP contribution in [0.4, 0.5) is 19.0 Å². The van der Waals surface area contributed by atoms with Crippen molar-refractivity contribution in [3.05, 3.63) is 65.5 Å². The molecule has 0 saturated carbocycles. The minimum Gasteiger partial charge on any atom is -0.261 e. The van der Waals surface area contributed by atoms with Crippen molar-refractivity contribution in [2.45, 2.75) is 13.1 Å². The SMILES string of the molecule is Cc1ccc(/C=N\Nc2nc(C(F)(F)F)nc3ccccc23)cc1. The quantitative estimate of drug-likeness (QED) is 0.572. The molecule has 4 nitrogen and oxygen atoms in total. The Labute approximate surface area is 136 Å². The van der Waals surface area contributed by atoms with Crippen LogP contribution in [0.25, 0.3) is 10.9 Å². The number of aromatic nitrogens is 2. The highest BCUT2D eigenvalue weighted by Crippen LogP contribution is 2.30. The summed E-state index contributed by atoms with van der Waals surface area (Å²) < 4.78 is 38.8. The Morgan fingerprint density at radius 1 is 1.00 bits per heavy atom. The van der Waals surface area contributed by atoms with Crippen LogP contribution in [-0.2, 0) is 6.18 Å². The van der Waals surface area contributed by atoms with Crippen LogP contribution in [0, 0.1) is 6.92 Å². The highest BCUT2D eigenvalue weighted by atomic mass is 19.4. The van der Waals surface area contributed by atoms with Gasteiger partial charge in [-0.05, 0) is 24.6 Å². The van der Waals surface area contributed by atoms with Gasteiger partial charge < -0.3 is 0 Å². The van der Waals surface area contributed by atoms with Crippen LogP contribution in [0.15, 0.2) is 53.6 Å². The first-order valence-electron chi connectivity index (χ1n) is 7.13. The predicted octanol–water partition coefficient (Wildman–Crippen LogP) is 4.40. The highest BCUT2D eigenvalue weighted by molar-refractivity contribution is 5.89. The lowest BCUT2D eigenvalue weighted by molar-refractivity contribution is -0.144. The molecule has 1 aromatic heterocycles. The number of halogens is 3. The number of rotatable bonds is 3. The molecule has 3 rings (SSSR count). The van der Waals surface area contributed by atoms with Crippen LogP contribution in [-0.4, -0.2) is 16.2 Å². The van der Waals surface area contributed by atoms with Crippen LogP contribution in [0.1, 0.15) is 17.0 Å². The van der Waals surface area contributed by atoms with Crippen molar-refractivity contribution in [3.63, 3.8) is 0 Å². The Morgan fingerprint density at radius 2 is 1.71 bits per heavy atom. The molecule has 2 aromatic carbocycles. The smallest absolute Gasteiger partial charge is 0.261 e. The molecule has 0 unspecified atom stereocenters. The number of fused-ring (bicyclic) bond motifs is 1. The zero-order valence-corrected chi connectivity index (χ0v) is 12.7. The molecule has 3 aromatic rings. The fourth-order valence-corrected chi connectivity index (χ4v) is 2.11. The minimum absolute atomic E-state index is 0.0105. The summed E-state index contributed by atoms with van der Waals surface area (Å²) in [7, 11) is 0. The first kappa shape index (κ1) is 15.9. The molecule has 0 aliphatic carbocycles. The number of nitrogens with zero attached hydrogens (tertiary/aromatic N) is 3. The molecule has 7 heteroatoms. The van der Waals surface area contributed by atoms with Gasteiger partial charge in [0.2, 0.25) is 5.82 Å². The van der Waals surface area contributed by atoms with Crippen molar-refractivity contribution in [1.82, 2.24) is 9.97 Å². The van der Waals surface area contributed by atoms with E-state index in [1.165, 1.54) is 12.3 Å². The Balaban J connectivity index is 1.94. The third-order valence-electron chi connectivity index (χ3n) is 3.32. The topological polar surface area (TPSA) is 50.2 Å². The summed E-state index contributed by atoms with van der Waals surface area (Å²) in [5.41, 5.74) is 4.71. The normalized spacial score (nSPS) is 12.0. The van der Waals surface area contributed by atoms with E-state index in [1.54, 1.807) is 18.2 Å². The maximum absolute atomic E-state index is 12.9. The van der Waals surface area contributed by atoms with Crippen molar-refractivity contribution in [2.75, 3.05) is 5.43 Å². The number of benzene rings is 2. The molecular formula is C17H13F3N4. The number of alkyl halides is 3. The summed E-state index contributed by atoms with van der Waals surface area (Å²) in [6.07, 6.45) is -3.11. The zero-order valence-electron chi connectivity index (χ0n) is 12.7. The zero-order chi connectivity index (χ0) is 17.2. The summed E-state index contributed by atoms with van der Waals surface area (Å²) in [6, 6.07) is 14.0. The monoisotopic (exact) mass is 330 g/mol. The van der Waals surface area contributed by atoms with Crippen molar-refractivity contribution < 1.29 is 13.2 Å². The summed E-state index contributed by atoms with van der Waals surface area (Å²) in [5.74, 6) is -1.19. The lowest BCUT2D eigenvalue weighted by Crippen LogP contribution is -2.12. The summed E-state index contributed by atoms with van der Waals surface area (Å²) in [5, 5.41) is 4.45. The summed E-state index contributed by atoms with van der Waals surface area (Å²) in [6.45, 7) is 1.96. The summed E-state index contributed by atoms with van der Waals surface area (Å²) in [4.78, 5) is 7.11. The van der Waals surface area contributed by atoms with E-state index in [9.17, 15) is 13.2 Å².